The Morgan fingerprint density at radius 2 is 1.32 bits per heavy atom. The van der Waals surface area contributed by atoms with Crippen LogP contribution in [0, 0.1) is 0 Å². The number of carbonyl (C=O) groups is 1. The summed E-state index contributed by atoms with van der Waals surface area (Å²) in [6.07, 6.45) is 0. The van der Waals surface area contributed by atoms with E-state index in [0.717, 1.165) is 5.56 Å². The van der Waals surface area contributed by atoms with Crippen LogP contribution < -0.4 is 4.74 Å². The summed E-state index contributed by atoms with van der Waals surface area (Å²) in [5.41, 5.74) is -2.19. The third kappa shape index (κ3) is 5.92. The number of benzene rings is 2. The fourth-order valence-electron chi connectivity index (χ4n) is 3.31. The highest BCUT2D eigenvalue weighted by atomic mass is 16.5. The van der Waals surface area contributed by atoms with Gasteiger partial charge in [-0.1, -0.05) is 19.1 Å². The zero-order valence-corrected chi connectivity index (χ0v) is 19.4. The van der Waals surface area contributed by atoms with Crippen molar-refractivity contribution in [1.82, 2.24) is 0 Å². The molecule has 2 aromatic carbocycles. The van der Waals surface area contributed by atoms with Gasteiger partial charge in [-0.25, -0.2) is 4.79 Å². The van der Waals surface area contributed by atoms with Gasteiger partial charge >= 0.3 is 5.97 Å². The van der Waals surface area contributed by atoms with Gasteiger partial charge in [-0.2, -0.15) is 0 Å². The molecule has 0 aliphatic heterocycles. The molecule has 0 saturated heterocycles. The molecule has 0 aliphatic carbocycles. The molecule has 31 heavy (non-hydrogen) atoms. The molecule has 0 amide bonds. The minimum atomic E-state index is -1.43. The van der Waals surface area contributed by atoms with E-state index in [4.69, 9.17) is 4.74 Å². The van der Waals surface area contributed by atoms with Crippen LogP contribution in [0.1, 0.15) is 87.0 Å². The van der Waals surface area contributed by atoms with Gasteiger partial charge in [0.15, 0.2) is 0 Å². The number of esters is 1. The fourth-order valence-corrected chi connectivity index (χ4v) is 3.31. The minimum absolute atomic E-state index is 0.0105. The van der Waals surface area contributed by atoms with E-state index >= 15 is 0 Å². The summed E-state index contributed by atoms with van der Waals surface area (Å²) in [7, 11) is 0. The molecule has 1 atom stereocenters. The number of hydrogen-bond donors (Lipinski definition) is 4. The van der Waals surface area contributed by atoms with Crippen LogP contribution in [-0.4, -0.2) is 33.0 Å². The number of hydrogen-bond acceptors (Lipinski definition) is 6. The summed E-state index contributed by atoms with van der Waals surface area (Å²) >= 11 is 0. The van der Waals surface area contributed by atoms with E-state index in [2.05, 4.69) is 0 Å². The predicted octanol–water partition coefficient (Wildman–Crippen LogP) is 3.68. The zero-order valence-electron chi connectivity index (χ0n) is 19.4. The van der Waals surface area contributed by atoms with Gasteiger partial charge < -0.3 is 25.2 Å². The van der Waals surface area contributed by atoms with Crippen molar-refractivity contribution >= 4 is 5.97 Å². The Balaban J connectivity index is 2.61. The topological polar surface area (TPSA) is 107 Å². The van der Waals surface area contributed by atoms with Gasteiger partial charge in [-0.3, -0.25) is 0 Å². The lowest BCUT2D eigenvalue weighted by molar-refractivity contribution is 0.0554. The number of aliphatic hydroxyl groups excluding tert-OH is 1. The first-order valence-electron chi connectivity index (χ1n) is 10.3. The Morgan fingerprint density at radius 3 is 1.68 bits per heavy atom. The van der Waals surface area contributed by atoms with E-state index < -0.39 is 22.8 Å². The predicted molar refractivity (Wildman–Crippen MR) is 119 cm³/mol. The molecule has 0 bridgehead atoms. The van der Waals surface area contributed by atoms with Crippen LogP contribution >= 0.6 is 0 Å². The first-order valence-corrected chi connectivity index (χ1v) is 10.3. The van der Waals surface area contributed by atoms with Gasteiger partial charge in [0.2, 0.25) is 0 Å². The molecule has 2 rings (SSSR count). The molecule has 0 aromatic heterocycles. The molecular formula is C25H34O6. The second kappa shape index (κ2) is 8.71. The van der Waals surface area contributed by atoms with Crippen molar-refractivity contribution in [1.29, 1.82) is 0 Å². The number of carbonyl (C=O) groups excluding carboxylic acids is 1. The van der Waals surface area contributed by atoms with Crippen molar-refractivity contribution in [2.75, 3.05) is 6.61 Å². The van der Waals surface area contributed by atoms with Crippen LogP contribution in [0.4, 0.5) is 0 Å². The molecule has 0 heterocycles. The van der Waals surface area contributed by atoms with E-state index in [1.165, 1.54) is 27.7 Å². The molecule has 2 aromatic rings. The summed E-state index contributed by atoms with van der Waals surface area (Å²) in [5.74, 6) is -0.462. The maximum absolute atomic E-state index is 13.2. The van der Waals surface area contributed by atoms with Gasteiger partial charge in [0.1, 0.15) is 5.75 Å². The van der Waals surface area contributed by atoms with E-state index in [1.54, 1.807) is 50.2 Å². The molecule has 0 radical (unpaired) electrons. The van der Waals surface area contributed by atoms with Gasteiger partial charge in [0.05, 0.1) is 22.4 Å². The summed E-state index contributed by atoms with van der Waals surface area (Å²) in [6, 6.07) is 9.95. The summed E-state index contributed by atoms with van der Waals surface area (Å²) in [6.45, 7) is 11.2. The van der Waals surface area contributed by atoms with Crippen LogP contribution in [0.5, 0.6) is 5.75 Å². The smallest absolute Gasteiger partial charge is 0.344 e. The molecule has 0 spiro atoms. The van der Waals surface area contributed by atoms with Crippen LogP contribution in [0.15, 0.2) is 36.4 Å². The third-order valence-electron chi connectivity index (χ3n) is 5.30. The van der Waals surface area contributed by atoms with Gasteiger partial charge in [0.25, 0.3) is 0 Å². The Morgan fingerprint density at radius 1 is 0.871 bits per heavy atom. The quantitative estimate of drug-likeness (QED) is 0.394. The Bertz CT molecular complexity index is 889. The second-order valence-electron chi connectivity index (χ2n) is 9.67. The van der Waals surface area contributed by atoms with Crippen molar-refractivity contribution in [3.05, 3.63) is 64.2 Å². The van der Waals surface area contributed by atoms with E-state index in [9.17, 15) is 25.2 Å². The number of aliphatic hydroxyl groups is 4. The highest BCUT2D eigenvalue weighted by molar-refractivity contribution is 5.95. The van der Waals surface area contributed by atoms with E-state index in [1.807, 2.05) is 6.92 Å². The first-order chi connectivity index (χ1) is 14.1. The standard InChI is InChI=1S/C25H34O6/c1-15(14-26)16-8-10-18(11-9-16)31-22(27)21-19(24(4,5)29)12-17(23(2,3)28)13-20(21)25(6,7)30/h8-13,15,26,28-30H,14H2,1-7H3. The molecule has 4 N–H and O–H groups in total. The second-order valence-corrected chi connectivity index (χ2v) is 9.67. The van der Waals surface area contributed by atoms with Gasteiger partial charge in [-0.05, 0) is 88.1 Å². The maximum atomic E-state index is 13.2. The SMILES string of the molecule is CC(CO)c1ccc(OC(=O)c2c(C(C)(C)O)cc(C(C)(C)O)cc2C(C)(C)O)cc1. The number of ether oxygens (including phenoxy) is 1. The molecule has 170 valence electrons. The molecular weight excluding hydrogens is 396 g/mol. The highest BCUT2D eigenvalue weighted by Gasteiger charge is 2.35. The Kier molecular flexibility index (Phi) is 7.03. The highest BCUT2D eigenvalue weighted by Crippen LogP contribution is 2.37. The average Bonchev–Trinajstić information content (AvgIpc) is 2.64. The fraction of sp³-hybridized carbons (Fsp3) is 0.480. The van der Waals surface area contributed by atoms with Crippen LogP contribution in [0.3, 0.4) is 0 Å². The van der Waals surface area contributed by atoms with Crippen LogP contribution in [0.2, 0.25) is 0 Å². The molecule has 0 fully saturated rings. The van der Waals surface area contributed by atoms with E-state index in [0.29, 0.717) is 11.3 Å². The van der Waals surface area contributed by atoms with Crippen LogP contribution in [0.25, 0.3) is 0 Å². The zero-order chi connectivity index (χ0) is 23.8. The maximum Gasteiger partial charge on any atom is 0.344 e. The Hall–Kier alpha value is -2.25. The molecule has 0 aliphatic rings. The van der Waals surface area contributed by atoms with Crippen molar-refractivity contribution in [3.63, 3.8) is 0 Å². The average molecular weight is 431 g/mol. The number of rotatable bonds is 7. The van der Waals surface area contributed by atoms with Crippen molar-refractivity contribution in [3.8, 4) is 5.75 Å². The summed E-state index contributed by atoms with van der Waals surface area (Å²) in [4.78, 5) is 13.2. The van der Waals surface area contributed by atoms with Crippen molar-refractivity contribution in [2.24, 2.45) is 0 Å². The van der Waals surface area contributed by atoms with E-state index in [-0.39, 0.29) is 29.2 Å². The molecule has 1 unspecified atom stereocenters. The monoisotopic (exact) mass is 430 g/mol. The molecule has 0 saturated carbocycles. The van der Waals surface area contributed by atoms with Gasteiger partial charge in [0, 0.05) is 12.5 Å². The summed E-state index contributed by atoms with van der Waals surface area (Å²) < 4.78 is 5.58. The van der Waals surface area contributed by atoms with Gasteiger partial charge in [-0.15, -0.1) is 0 Å². The molecule has 6 nitrogen and oxygen atoms in total. The lowest BCUT2D eigenvalue weighted by atomic mass is 9.80. The normalized spacial score (nSPS) is 13.8. The first kappa shape index (κ1) is 25.0. The minimum Gasteiger partial charge on any atom is -0.423 e. The summed E-state index contributed by atoms with van der Waals surface area (Å²) in [5, 5.41) is 41.4. The lowest BCUT2D eigenvalue weighted by Gasteiger charge is -2.31. The van der Waals surface area contributed by atoms with Crippen LogP contribution in [-0.2, 0) is 16.8 Å². The largest absolute Gasteiger partial charge is 0.423 e. The van der Waals surface area contributed by atoms with Crippen molar-refractivity contribution in [2.45, 2.75) is 71.2 Å². The third-order valence-corrected chi connectivity index (χ3v) is 5.30. The molecule has 6 heteroatoms. The Labute approximate surface area is 184 Å². The lowest BCUT2D eigenvalue weighted by Crippen LogP contribution is -2.30. The van der Waals surface area contributed by atoms with Crippen molar-refractivity contribution < 1.29 is 30.0 Å².